The van der Waals surface area contributed by atoms with Gasteiger partial charge in [-0.05, 0) is 37.2 Å². The molecule has 0 saturated heterocycles. The summed E-state index contributed by atoms with van der Waals surface area (Å²) in [6.07, 6.45) is 58.4. The van der Waals surface area contributed by atoms with E-state index in [1.54, 1.807) is 0 Å². The summed E-state index contributed by atoms with van der Waals surface area (Å²) in [5.41, 5.74) is -5.70. The van der Waals surface area contributed by atoms with E-state index in [0.29, 0.717) is 13.2 Å². The molecule has 0 rings (SSSR count). The molecule has 0 N–H and O–H groups in total. The fourth-order valence-corrected chi connectivity index (χ4v) is 14.6. The van der Waals surface area contributed by atoms with E-state index in [4.69, 9.17) is 32.7 Å². The van der Waals surface area contributed by atoms with Crippen molar-refractivity contribution >= 4 is 57.8 Å². The molecule has 0 aromatic carbocycles. The van der Waals surface area contributed by atoms with Crippen molar-refractivity contribution in [2.24, 2.45) is 0 Å². The van der Waals surface area contributed by atoms with Crippen molar-refractivity contribution in [3.63, 3.8) is 0 Å². The molecular weight excluding hydrogens is 944 g/mol. The average molecular weight is 1050 g/mol. The van der Waals surface area contributed by atoms with Gasteiger partial charge in [-0.15, -0.1) is 22.8 Å². The van der Waals surface area contributed by atoms with Crippen molar-refractivity contribution in [1.29, 1.82) is 0 Å². The standard InChI is InChI=1S/2C26H55O2PS2.Zn/c2*1-3-5-7-9-11-13-15-17-19-21-23-25-28-29(27,30)31-26-24-22-20-18-16-14-12-10-8-6-4-2;/h2*3-26H2,1-2H3,(H,27,30);/q;;+2/p-2. The van der Waals surface area contributed by atoms with Gasteiger partial charge in [-0.3, -0.25) is 0 Å². The maximum absolute atomic E-state index is 12.3. The molecule has 0 bridgehead atoms. The Hall–Kier alpha value is 2.46. The SMILES string of the molecule is CCCCCCCCCCCCCOP([O-])(=S)SCCCCCCCCCCCCC.CCCCCCCCCCCCCOP([O-])(=S)SCCCCCCCCCCCCC.[Zn+2]. The van der Waals surface area contributed by atoms with E-state index in [2.05, 4.69) is 27.7 Å². The molecule has 2 atom stereocenters. The Labute approximate surface area is 427 Å². The Morgan fingerprint density at radius 1 is 0.286 bits per heavy atom. The van der Waals surface area contributed by atoms with E-state index in [0.717, 1.165) is 37.2 Å². The van der Waals surface area contributed by atoms with Gasteiger partial charge in [-0.25, -0.2) is 0 Å². The third-order valence-electron chi connectivity index (χ3n) is 12.0. The van der Waals surface area contributed by atoms with Crippen LogP contribution in [0.15, 0.2) is 0 Å². The summed E-state index contributed by atoms with van der Waals surface area (Å²) in [6.45, 7) is 10.2. The molecule has 0 aliphatic carbocycles. The first-order valence-corrected chi connectivity index (χ1v) is 35.9. The second-order valence-electron chi connectivity index (χ2n) is 18.4. The first-order chi connectivity index (χ1) is 30.2. The first kappa shape index (κ1) is 69.7. The van der Waals surface area contributed by atoms with E-state index in [1.807, 2.05) is 0 Å². The summed E-state index contributed by atoms with van der Waals surface area (Å²) in [6, 6.07) is 0. The second-order valence-corrected chi connectivity index (χ2v) is 30.7. The van der Waals surface area contributed by atoms with Gasteiger partial charge in [-0.1, -0.05) is 308 Å². The summed E-state index contributed by atoms with van der Waals surface area (Å²) in [5, 5.41) is 0. The van der Waals surface area contributed by atoms with Crippen LogP contribution in [0, 0.1) is 0 Å². The van der Waals surface area contributed by atoms with Crippen LogP contribution in [-0.2, 0) is 52.1 Å². The fraction of sp³-hybridized carbons (Fsp3) is 1.00. The number of rotatable bonds is 52. The Bertz CT molecular complexity index is 803. The van der Waals surface area contributed by atoms with Crippen LogP contribution in [0.2, 0.25) is 0 Å². The molecule has 0 aliphatic rings. The van der Waals surface area contributed by atoms with Crippen LogP contribution in [0.25, 0.3) is 0 Å². The summed E-state index contributed by atoms with van der Waals surface area (Å²) in [4.78, 5) is 24.7. The van der Waals surface area contributed by atoms with E-state index in [9.17, 15) is 9.79 Å². The van der Waals surface area contributed by atoms with E-state index < -0.39 is 11.4 Å². The van der Waals surface area contributed by atoms with Crippen LogP contribution in [0.4, 0.5) is 0 Å². The van der Waals surface area contributed by atoms with Crippen molar-refractivity contribution < 1.29 is 38.3 Å². The van der Waals surface area contributed by atoms with Crippen LogP contribution >= 0.6 is 34.2 Å². The zero-order valence-electron chi connectivity index (χ0n) is 42.8. The quantitative estimate of drug-likeness (QED) is 0.0339. The minimum atomic E-state index is -2.85. The molecular formula is C52H108O4P2S4Zn. The maximum Gasteiger partial charge on any atom is 2.00 e. The van der Waals surface area contributed by atoms with Gasteiger partial charge in [0.05, 0.1) is 13.2 Å². The normalized spacial score (nSPS) is 13.3. The molecule has 0 radical (unpaired) electrons. The minimum absolute atomic E-state index is 0. The van der Waals surface area contributed by atoms with Crippen molar-refractivity contribution in [2.75, 3.05) is 24.7 Å². The molecule has 2 unspecified atom stereocenters. The van der Waals surface area contributed by atoms with Gasteiger partial charge in [0.25, 0.3) is 0 Å². The summed E-state index contributed by atoms with van der Waals surface area (Å²) >= 11 is 13.2. The molecule has 0 saturated carbocycles. The van der Waals surface area contributed by atoms with E-state index >= 15 is 0 Å². The molecule has 0 aromatic rings. The topological polar surface area (TPSA) is 64.6 Å². The minimum Gasteiger partial charge on any atom is -0.793 e. The Balaban J connectivity index is -0.00000112. The van der Waals surface area contributed by atoms with Gasteiger partial charge in [0.2, 0.25) is 0 Å². The molecule has 0 spiro atoms. The Kier molecular flexibility index (Phi) is 65.0. The van der Waals surface area contributed by atoms with Crippen molar-refractivity contribution in [2.45, 2.75) is 310 Å². The first-order valence-electron chi connectivity index (χ1n) is 27.4. The molecule has 4 nitrogen and oxygen atoms in total. The summed E-state index contributed by atoms with van der Waals surface area (Å²) < 4.78 is 11.1. The second kappa shape index (κ2) is 58.8. The fourth-order valence-electron chi connectivity index (χ4n) is 7.85. The molecule has 11 heteroatoms. The maximum atomic E-state index is 12.3. The molecule has 63 heavy (non-hydrogen) atoms. The third kappa shape index (κ3) is 64.5. The molecule has 0 amide bonds. The molecule has 0 fully saturated rings. The monoisotopic (exact) mass is 1050 g/mol. The molecule has 376 valence electrons. The van der Waals surface area contributed by atoms with Gasteiger partial charge >= 0.3 is 19.5 Å². The van der Waals surface area contributed by atoms with Gasteiger partial charge in [0.1, 0.15) is 0 Å². The van der Waals surface area contributed by atoms with Crippen molar-refractivity contribution in [3.8, 4) is 0 Å². The predicted octanol–water partition coefficient (Wildman–Crippen LogP) is 19.9. The predicted molar refractivity (Wildman–Crippen MR) is 291 cm³/mol. The number of unbranched alkanes of at least 4 members (excludes halogenated alkanes) is 40. The molecule has 0 heterocycles. The zero-order chi connectivity index (χ0) is 45.8. The van der Waals surface area contributed by atoms with Crippen LogP contribution in [0.1, 0.15) is 310 Å². The van der Waals surface area contributed by atoms with Crippen LogP contribution in [-0.4, -0.2) is 24.7 Å². The summed E-state index contributed by atoms with van der Waals surface area (Å²) in [7, 11) is 0. The van der Waals surface area contributed by atoms with E-state index in [-0.39, 0.29) is 19.5 Å². The van der Waals surface area contributed by atoms with Gasteiger partial charge in [0.15, 0.2) is 0 Å². The number of hydrogen-bond donors (Lipinski definition) is 0. The van der Waals surface area contributed by atoms with Crippen molar-refractivity contribution in [1.82, 2.24) is 0 Å². The molecule has 0 aromatic heterocycles. The number of hydrogen-bond acceptors (Lipinski definition) is 8. The van der Waals surface area contributed by atoms with Crippen LogP contribution in [0.3, 0.4) is 0 Å². The van der Waals surface area contributed by atoms with Crippen LogP contribution < -0.4 is 9.79 Å². The largest absolute Gasteiger partial charge is 2.00 e. The molecule has 0 aliphatic heterocycles. The Morgan fingerprint density at radius 2 is 0.444 bits per heavy atom. The average Bonchev–Trinajstić information content (AvgIpc) is 3.25. The third-order valence-corrected chi connectivity index (χ3v) is 20.7. The van der Waals surface area contributed by atoms with Gasteiger partial charge in [-0.2, -0.15) is 0 Å². The zero-order valence-corrected chi connectivity index (χ0v) is 50.8. The van der Waals surface area contributed by atoms with Gasteiger partial charge < -0.3 is 18.8 Å². The smallest absolute Gasteiger partial charge is 0.793 e. The van der Waals surface area contributed by atoms with Crippen LogP contribution in [0.5, 0.6) is 0 Å². The van der Waals surface area contributed by atoms with Gasteiger partial charge in [0, 0.05) is 11.4 Å². The Morgan fingerprint density at radius 3 is 0.635 bits per heavy atom. The van der Waals surface area contributed by atoms with E-state index in [1.165, 1.54) is 280 Å². The van der Waals surface area contributed by atoms with Crippen molar-refractivity contribution in [3.05, 3.63) is 0 Å². The summed E-state index contributed by atoms with van der Waals surface area (Å²) in [5.74, 6) is 1.77.